The molecule has 0 aliphatic carbocycles. The summed E-state index contributed by atoms with van der Waals surface area (Å²) >= 11 is 5.89. The Hall–Kier alpha value is -1.56. The first-order valence-corrected chi connectivity index (χ1v) is 6.27. The van der Waals surface area contributed by atoms with Gasteiger partial charge < -0.3 is 16.0 Å². The maximum Gasteiger partial charge on any atom is 0.242 e. The molecule has 18 heavy (non-hydrogen) atoms. The number of hydrogen-bond acceptors (Lipinski definition) is 5. The lowest BCUT2D eigenvalue weighted by atomic mass is 10.0. The molecular formula is C11H16ClN5O. The first kappa shape index (κ1) is 12.9. The Balaban J connectivity index is 2.34. The average Bonchev–Trinajstić information content (AvgIpc) is 2.41. The van der Waals surface area contributed by atoms with E-state index in [9.17, 15) is 4.79 Å². The van der Waals surface area contributed by atoms with Crippen LogP contribution in [0.3, 0.4) is 0 Å². The van der Waals surface area contributed by atoms with Gasteiger partial charge in [0, 0.05) is 13.6 Å². The molecule has 1 fully saturated rings. The fourth-order valence-corrected chi connectivity index (χ4v) is 2.35. The van der Waals surface area contributed by atoms with Crippen LogP contribution in [0.15, 0.2) is 6.33 Å². The molecule has 1 aliphatic heterocycles. The Labute approximate surface area is 111 Å². The van der Waals surface area contributed by atoms with E-state index in [-0.39, 0.29) is 17.1 Å². The van der Waals surface area contributed by atoms with Gasteiger partial charge in [-0.15, -0.1) is 0 Å². The molecule has 2 heterocycles. The van der Waals surface area contributed by atoms with Crippen molar-refractivity contribution in [3.05, 3.63) is 11.5 Å². The van der Waals surface area contributed by atoms with Crippen molar-refractivity contribution in [1.82, 2.24) is 15.3 Å². The molecule has 0 bridgehead atoms. The summed E-state index contributed by atoms with van der Waals surface area (Å²) in [5.74, 6) is 0.520. The molecule has 1 aromatic heterocycles. The van der Waals surface area contributed by atoms with Gasteiger partial charge in [0.2, 0.25) is 5.91 Å². The minimum absolute atomic E-state index is 0.0242. The topological polar surface area (TPSA) is 84.1 Å². The maximum atomic E-state index is 11.9. The highest BCUT2D eigenvalue weighted by Gasteiger charge is 2.30. The van der Waals surface area contributed by atoms with Gasteiger partial charge in [0.1, 0.15) is 18.1 Å². The maximum absolute atomic E-state index is 11.9. The molecule has 0 aromatic carbocycles. The fraction of sp³-hybridized carbons (Fsp3) is 0.545. The quantitative estimate of drug-likeness (QED) is 0.777. The van der Waals surface area contributed by atoms with Gasteiger partial charge in [-0.05, 0) is 19.3 Å². The van der Waals surface area contributed by atoms with E-state index in [1.54, 1.807) is 7.05 Å². The molecule has 1 aliphatic rings. The average molecular weight is 270 g/mol. The van der Waals surface area contributed by atoms with Gasteiger partial charge in [0.05, 0.1) is 0 Å². The Kier molecular flexibility index (Phi) is 3.86. The molecule has 1 aromatic rings. The number of amides is 1. The number of likely N-dealkylation sites (N-methyl/N-ethyl adjacent to an activating group) is 1. The van der Waals surface area contributed by atoms with Gasteiger partial charge in [-0.3, -0.25) is 4.79 Å². The highest BCUT2D eigenvalue weighted by atomic mass is 35.5. The van der Waals surface area contributed by atoms with Crippen molar-refractivity contribution in [3.63, 3.8) is 0 Å². The SMILES string of the molecule is CNC(=O)C1CCCCN1c1ncnc(Cl)c1N. The summed E-state index contributed by atoms with van der Waals surface area (Å²) in [5.41, 5.74) is 6.22. The third kappa shape index (κ3) is 2.33. The molecule has 3 N–H and O–H groups in total. The minimum atomic E-state index is -0.239. The van der Waals surface area contributed by atoms with Crippen LogP contribution in [0.1, 0.15) is 19.3 Å². The molecule has 0 spiro atoms. The van der Waals surface area contributed by atoms with Crippen molar-refractivity contribution < 1.29 is 4.79 Å². The van der Waals surface area contributed by atoms with Gasteiger partial charge >= 0.3 is 0 Å². The number of nitrogens with zero attached hydrogens (tertiary/aromatic N) is 3. The van der Waals surface area contributed by atoms with E-state index < -0.39 is 0 Å². The Morgan fingerprint density at radius 3 is 3.06 bits per heavy atom. The number of aromatic nitrogens is 2. The number of carbonyl (C=O) groups excluding carboxylic acids is 1. The summed E-state index contributed by atoms with van der Waals surface area (Å²) in [5, 5.41) is 2.89. The number of halogens is 1. The van der Waals surface area contributed by atoms with Crippen molar-refractivity contribution in [2.75, 3.05) is 24.2 Å². The van der Waals surface area contributed by atoms with E-state index >= 15 is 0 Å². The zero-order valence-corrected chi connectivity index (χ0v) is 10.9. The van der Waals surface area contributed by atoms with Crippen LogP contribution in [0.2, 0.25) is 5.15 Å². The zero-order valence-electron chi connectivity index (χ0n) is 10.2. The summed E-state index contributed by atoms with van der Waals surface area (Å²) in [6.07, 6.45) is 4.19. The number of nitrogen functional groups attached to an aromatic ring is 1. The third-order valence-corrected chi connectivity index (χ3v) is 3.44. The number of nitrogens with one attached hydrogen (secondary N) is 1. The summed E-state index contributed by atoms with van der Waals surface area (Å²) in [4.78, 5) is 21.8. The van der Waals surface area contributed by atoms with E-state index in [4.69, 9.17) is 17.3 Å². The van der Waals surface area contributed by atoms with E-state index in [1.807, 2.05) is 4.90 Å². The van der Waals surface area contributed by atoms with Crippen molar-refractivity contribution in [2.24, 2.45) is 0 Å². The lowest BCUT2D eigenvalue weighted by Crippen LogP contribution is -2.49. The molecule has 2 rings (SSSR count). The summed E-state index contributed by atoms with van der Waals surface area (Å²) in [6.45, 7) is 0.746. The zero-order chi connectivity index (χ0) is 13.1. The van der Waals surface area contributed by atoms with Crippen LogP contribution in [-0.4, -0.2) is 35.5 Å². The van der Waals surface area contributed by atoms with Crippen LogP contribution < -0.4 is 16.0 Å². The van der Waals surface area contributed by atoms with E-state index in [1.165, 1.54) is 6.33 Å². The molecule has 0 radical (unpaired) electrons. The standard InChI is InChI=1S/C11H16ClN5O/c1-14-11(18)7-4-2-3-5-17(7)10-8(13)9(12)15-6-16-10/h6-7H,2-5,13H2,1H3,(H,14,18). The van der Waals surface area contributed by atoms with Crippen LogP contribution in [0.4, 0.5) is 11.5 Å². The largest absolute Gasteiger partial charge is 0.393 e. The predicted molar refractivity (Wildman–Crippen MR) is 70.5 cm³/mol. The molecule has 1 atom stereocenters. The number of anilines is 2. The lowest BCUT2D eigenvalue weighted by Gasteiger charge is -2.35. The first-order chi connectivity index (χ1) is 8.65. The van der Waals surface area contributed by atoms with Crippen LogP contribution >= 0.6 is 11.6 Å². The normalized spacial score (nSPS) is 19.7. The molecule has 98 valence electrons. The fourth-order valence-electron chi connectivity index (χ4n) is 2.22. The molecule has 1 amide bonds. The van der Waals surface area contributed by atoms with Crippen molar-refractivity contribution in [3.8, 4) is 0 Å². The van der Waals surface area contributed by atoms with E-state index in [0.717, 1.165) is 25.8 Å². The smallest absolute Gasteiger partial charge is 0.242 e. The third-order valence-electron chi connectivity index (χ3n) is 3.14. The second kappa shape index (κ2) is 5.39. The molecule has 1 saturated heterocycles. The summed E-state index contributed by atoms with van der Waals surface area (Å²) < 4.78 is 0. The van der Waals surface area contributed by atoms with Crippen molar-refractivity contribution >= 4 is 29.0 Å². The van der Waals surface area contributed by atoms with Gasteiger partial charge in [-0.25, -0.2) is 9.97 Å². The Morgan fingerprint density at radius 2 is 2.33 bits per heavy atom. The minimum Gasteiger partial charge on any atom is -0.393 e. The monoisotopic (exact) mass is 269 g/mol. The number of carbonyl (C=O) groups is 1. The van der Waals surface area contributed by atoms with Gasteiger partial charge in [-0.1, -0.05) is 11.6 Å². The van der Waals surface area contributed by atoms with Gasteiger partial charge in [-0.2, -0.15) is 0 Å². The van der Waals surface area contributed by atoms with Crippen LogP contribution in [0.5, 0.6) is 0 Å². The number of hydrogen-bond donors (Lipinski definition) is 2. The first-order valence-electron chi connectivity index (χ1n) is 5.89. The van der Waals surface area contributed by atoms with Crippen LogP contribution in [-0.2, 0) is 4.79 Å². The molecular weight excluding hydrogens is 254 g/mol. The van der Waals surface area contributed by atoms with Crippen LogP contribution in [0.25, 0.3) is 0 Å². The van der Waals surface area contributed by atoms with Crippen molar-refractivity contribution in [1.29, 1.82) is 0 Å². The lowest BCUT2D eigenvalue weighted by molar-refractivity contribution is -0.122. The Bertz CT molecular complexity index is 453. The van der Waals surface area contributed by atoms with Gasteiger partial charge in [0.15, 0.2) is 11.0 Å². The number of nitrogens with two attached hydrogens (primary N) is 1. The number of piperidine rings is 1. The molecule has 7 heteroatoms. The molecule has 6 nitrogen and oxygen atoms in total. The molecule has 0 saturated carbocycles. The second-order valence-corrected chi connectivity index (χ2v) is 4.58. The van der Waals surface area contributed by atoms with Gasteiger partial charge in [0.25, 0.3) is 0 Å². The highest BCUT2D eigenvalue weighted by Crippen LogP contribution is 2.30. The molecule has 1 unspecified atom stereocenters. The highest BCUT2D eigenvalue weighted by molar-refractivity contribution is 6.32. The number of rotatable bonds is 2. The summed E-state index contributed by atoms with van der Waals surface area (Å²) in [7, 11) is 1.63. The predicted octanol–water partition coefficient (Wildman–Crippen LogP) is 0.817. The Morgan fingerprint density at radius 1 is 1.56 bits per heavy atom. The van der Waals surface area contributed by atoms with Crippen molar-refractivity contribution in [2.45, 2.75) is 25.3 Å². The van der Waals surface area contributed by atoms with E-state index in [2.05, 4.69) is 15.3 Å². The van der Waals surface area contributed by atoms with E-state index in [0.29, 0.717) is 11.5 Å². The van der Waals surface area contributed by atoms with Crippen LogP contribution in [0, 0.1) is 0 Å². The second-order valence-electron chi connectivity index (χ2n) is 4.22. The summed E-state index contributed by atoms with van der Waals surface area (Å²) in [6, 6.07) is -0.239.